The summed E-state index contributed by atoms with van der Waals surface area (Å²) in [5.41, 5.74) is 0. The molecule has 0 spiro atoms. The third kappa shape index (κ3) is 24.9. The zero-order valence-corrected chi connectivity index (χ0v) is 7.18. The van der Waals surface area contributed by atoms with Gasteiger partial charge >= 0.3 is 18.6 Å². The standard InChI is InChI=1S/C5H8O2.2O.V/c1-4(6)3-5(2)7;;;/h3H2,1-2H3;;;/q;2*-2;+4. The van der Waals surface area contributed by atoms with E-state index in [0.29, 0.717) is 0 Å². The van der Waals surface area contributed by atoms with Crippen LogP contribution in [0.3, 0.4) is 0 Å². The Bertz CT molecular complexity index is 89.8. The monoisotopic (exact) mass is 183 g/mol. The molecule has 0 aliphatic carbocycles. The van der Waals surface area contributed by atoms with Crippen molar-refractivity contribution in [1.29, 1.82) is 0 Å². The first-order chi connectivity index (χ1) is 3.13. The molecule has 0 amide bonds. The Hall–Kier alpha value is -0.156. The topological polar surface area (TPSA) is 91.1 Å². The summed E-state index contributed by atoms with van der Waals surface area (Å²) in [5, 5.41) is 0. The van der Waals surface area contributed by atoms with E-state index in [1.807, 2.05) is 0 Å². The summed E-state index contributed by atoms with van der Waals surface area (Å²) in [6.07, 6.45) is 0.0833. The second kappa shape index (κ2) is 11.6. The summed E-state index contributed by atoms with van der Waals surface area (Å²) in [7, 11) is 0. The Kier molecular flexibility index (Phi) is 26.2. The van der Waals surface area contributed by atoms with E-state index in [1.54, 1.807) is 0 Å². The average Bonchev–Trinajstić information content (AvgIpc) is 1.27. The maximum atomic E-state index is 10.0. The van der Waals surface area contributed by atoms with Crippen LogP contribution >= 0.6 is 0 Å². The van der Waals surface area contributed by atoms with Crippen LogP contribution in [0.2, 0.25) is 0 Å². The molecule has 0 fully saturated rings. The maximum Gasteiger partial charge on any atom is 4.00 e. The molecule has 0 N–H and O–H groups in total. The number of carbonyl (C=O) groups is 2. The van der Waals surface area contributed by atoms with E-state index in [1.165, 1.54) is 13.8 Å². The minimum absolute atomic E-state index is 0. The van der Waals surface area contributed by atoms with Crippen LogP contribution in [-0.2, 0) is 39.1 Å². The van der Waals surface area contributed by atoms with E-state index in [-0.39, 0.29) is 47.5 Å². The Labute approximate surface area is 71.5 Å². The first kappa shape index (κ1) is 22.5. The Morgan fingerprint density at radius 1 is 1.00 bits per heavy atom. The molecule has 0 atom stereocenters. The van der Waals surface area contributed by atoms with Crippen molar-refractivity contribution >= 4 is 11.6 Å². The van der Waals surface area contributed by atoms with Crippen LogP contribution in [-0.4, -0.2) is 11.6 Å². The van der Waals surface area contributed by atoms with Crippen LogP contribution in [0.4, 0.5) is 0 Å². The van der Waals surface area contributed by atoms with Gasteiger partial charge in [0.25, 0.3) is 0 Å². The quantitative estimate of drug-likeness (QED) is 0.576. The van der Waals surface area contributed by atoms with Gasteiger partial charge in [0, 0.05) is 0 Å². The molecule has 0 heterocycles. The largest absolute Gasteiger partial charge is 4.00 e. The van der Waals surface area contributed by atoms with Crippen LogP contribution in [0.25, 0.3) is 0 Å². The summed E-state index contributed by atoms with van der Waals surface area (Å²) in [4.78, 5) is 20.1. The molecule has 0 saturated heterocycles. The normalized spacial score (nSPS) is 5.80. The molecule has 5 heteroatoms. The molecule has 0 aromatic heterocycles. The molecule has 0 aromatic rings. The first-order valence-corrected chi connectivity index (χ1v) is 2.12. The molecule has 0 bridgehead atoms. The minimum Gasteiger partial charge on any atom is -2.00 e. The second-order valence-corrected chi connectivity index (χ2v) is 1.58. The minimum atomic E-state index is -0.0625. The van der Waals surface area contributed by atoms with E-state index < -0.39 is 0 Å². The second-order valence-electron chi connectivity index (χ2n) is 1.58. The molecule has 10 heavy (non-hydrogen) atoms. The van der Waals surface area contributed by atoms with E-state index in [9.17, 15) is 9.59 Å². The van der Waals surface area contributed by atoms with Gasteiger partial charge < -0.3 is 11.0 Å². The van der Waals surface area contributed by atoms with Crippen molar-refractivity contribution in [2.45, 2.75) is 20.3 Å². The van der Waals surface area contributed by atoms with Gasteiger partial charge in [-0.3, -0.25) is 9.59 Å². The van der Waals surface area contributed by atoms with Crippen molar-refractivity contribution in [2.24, 2.45) is 0 Å². The fraction of sp³-hybridized carbons (Fsp3) is 0.600. The van der Waals surface area contributed by atoms with E-state index in [2.05, 4.69) is 0 Å². The maximum absolute atomic E-state index is 10.0. The molecule has 0 rings (SSSR count). The summed E-state index contributed by atoms with van der Waals surface area (Å²) in [6, 6.07) is 0. The Morgan fingerprint density at radius 2 is 1.20 bits per heavy atom. The first-order valence-electron chi connectivity index (χ1n) is 2.12. The van der Waals surface area contributed by atoms with Gasteiger partial charge in [-0.2, -0.15) is 0 Å². The summed E-state index contributed by atoms with van der Waals surface area (Å²) < 4.78 is 0. The molecular weight excluding hydrogens is 175 g/mol. The number of hydrogen-bond donors (Lipinski definition) is 0. The fourth-order valence-electron chi connectivity index (χ4n) is 0.351. The number of carbonyl (C=O) groups excluding carboxylic acids is 2. The van der Waals surface area contributed by atoms with Gasteiger partial charge in [0.1, 0.15) is 11.6 Å². The number of hydrogen-bond acceptors (Lipinski definition) is 2. The zero-order chi connectivity index (χ0) is 5.86. The van der Waals surface area contributed by atoms with Crippen molar-refractivity contribution in [3.63, 3.8) is 0 Å². The predicted molar refractivity (Wildman–Crippen MR) is 27.4 cm³/mol. The van der Waals surface area contributed by atoms with Gasteiger partial charge in [-0.1, -0.05) is 0 Å². The Balaban J connectivity index is -0.0000000600. The molecule has 1 radical (unpaired) electrons. The van der Waals surface area contributed by atoms with Crippen molar-refractivity contribution in [1.82, 2.24) is 0 Å². The van der Waals surface area contributed by atoms with E-state index >= 15 is 0 Å². The van der Waals surface area contributed by atoms with Gasteiger partial charge in [-0.15, -0.1) is 0 Å². The molecule has 0 unspecified atom stereocenters. The van der Waals surface area contributed by atoms with Gasteiger partial charge in [0.05, 0.1) is 6.42 Å². The fourth-order valence-corrected chi connectivity index (χ4v) is 0.351. The molecule has 0 aliphatic rings. The van der Waals surface area contributed by atoms with Crippen LogP contribution in [0.1, 0.15) is 20.3 Å². The van der Waals surface area contributed by atoms with E-state index in [4.69, 9.17) is 0 Å². The van der Waals surface area contributed by atoms with E-state index in [0.717, 1.165) is 0 Å². The van der Waals surface area contributed by atoms with Crippen molar-refractivity contribution in [3.8, 4) is 0 Å². The summed E-state index contributed by atoms with van der Waals surface area (Å²) >= 11 is 0. The average molecular weight is 183 g/mol. The van der Waals surface area contributed by atoms with Crippen molar-refractivity contribution in [2.75, 3.05) is 0 Å². The summed E-state index contributed by atoms with van der Waals surface area (Å²) in [5.74, 6) is -0.125. The van der Waals surface area contributed by atoms with Gasteiger partial charge in [0.15, 0.2) is 0 Å². The van der Waals surface area contributed by atoms with Gasteiger partial charge in [-0.25, -0.2) is 0 Å². The Morgan fingerprint density at radius 3 is 1.20 bits per heavy atom. The van der Waals surface area contributed by atoms with Crippen LogP contribution in [0.15, 0.2) is 0 Å². The molecular formula is C5H8O4V. The molecule has 0 aliphatic heterocycles. The van der Waals surface area contributed by atoms with Crippen molar-refractivity contribution < 1.29 is 39.1 Å². The zero-order valence-electron chi connectivity index (χ0n) is 5.79. The van der Waals surface area contributed by atoms with Crippen molar-refractivity contribution in [3.05, 3.63) is 0 Å². The third-order valence-electron chi connectivity index (χ3n) is 0.498. The third-order valence-corrected chi connectivity index (χ3v) is 0.498. The number of rotatable bonds is 2. The van der Waals surface area contributed by atoms with Gasteiger partial charge in [0.2, 0.25) is 0 Å². The number of ketones is 2. The molecule has 0 saturated carbocycles. The molecule has 0 aromatic carbocycles. The van der Waals surface area contributed by atoms with Crippen LogP contribution in [0.5, 0.6) is 0 Å². The number of Topliss-reactive ketones (excluding diaryl/α,β-unsaturated/α-hetero) is 2. The van der Waals surface area contributed by atoms with Crippen LogP contribution in [0, 0.1) is 0 Å². The SMILES string of the molecule is CC(=O)CC(C)=O.[O-2].[O-2].[V+4]. The van der Waals surface area contributed by atoms with Crippen LogP contribution < -0.4 is 0 Å². The van der Waals surface area contributed by atoms with Gasteiger partial charge in [-0.05, 0) is 13.8 Å². The molecule has 4 nitrogen and oxygen atoms in total. The molecule has 57 valence electrons. The summed E-state index contributed by atoms with van der Waals surface area (Å²) in [6.45, 7) is 2.81. The predicted octanol–water partition coefficient (Wildman–Crippen LogP) is 0.314. The smallest absolute Gasteiger partial charge is 2.00 e.